The Balaban J connectivity index is 1.29. The van der Waals surface area contributed by atoms with Crippen LogP contribution in [-0.4, -0.2) is 56.5 Å². The Morgan fingerprint density at radius 3 is 2.53 bits per heavy atom. The van der Waals surface area contributed by atoms with E-state index in [-0.39, 0.29) is 11.9 Å². The Morgan fingerprint density at radius 1 is 1.00 bits per heavy atom. The molecule has 3 aromatic rings. The lowest BCUT2D eigenvalue weighted by Crippen LogP contribution is -2.44. The van der Waals surface area contributed by atoms with Crippen LogP contribution in [0.1, 0.15) is 44.7 Å². The van der Waals surface area contributed by atoms with Crippen LogP contribution in [0.25, 0.3) is 10.8 Å². The lowest BCUT2D eigenvalue weighted by atomic mass is 10.0. The van der Waals surface area contributed by atoms with E-state index in [1.54, 1.807) is 31.4 Å². The molecular formula is C28H32N2O4. The second-order valence-electron chi connectivity index (χ2n) is 8.83. The highest BCUT2D eigenvalue weighted by Gasteiger charge is 2.21. The summed E-state index contributed by atoms with van der Waals surface area (Å²) < 4.78 is 10.7. The topological polar surface area (TPSA) is 67.9 Å². The maximum absolute atomic E-state index is 12.5. The summed E-state index contributed by atoms with van der Waals surface area (Å²) in [6.45, 7) is 4.55. The number of carbonyl (C=O) groups is 2. The normalized spacial score (nSPS) is 14.9. The molecule has 0 atom stereocenters. The van der Waals surface area contributed by atoms with Gasteiger partial charge >= 0.3 is 0 Å². The van der Waals surface area contributed by atoms with Crippen molar-refractivity contribution >= 4 is 23.0 Å². The van der Waals surface area contributed by atoms with Crippen molar-refractivity contribution < 1.29 is 19.1 Å². The molecule has 1 N–H and O–H groups in total. The Kier molecular flexibility index (Phi) is 8.41. The van der Waals surface area contributed by atoms with E-state index in [4.69, 9.17) is 9.47 Å². The minimum atomic E-state index is -0.112. The van der Waals surface area contributed by atoms with Gasteiger partial charge in [-0.1, -0.05) is 36.4 Å². The number of hydrogen-bond donors (Lipinski definition) is 1. The average molecular weight is 461 g/mol. The molecule has 1 fully saturated rings. The number of benzene rings is 3. The Morgan fingerprint density at radius 2 is 1.76 bits per heavy atom. The fourth-order valence-corrected chi connectivity index (χ4v) is 4.38. The third-order valence-corrected chi connectivity index (χ3v) is 6.28. The number of rotatable bonds is 10. The number of nitrogens with one attached hydrogen (secondary N) is 1. The minimum Gasteiger partial charge on any atom is -0.382 e. The molecule has 34 heavy (non-hydrogen) atoms. The van der Waals surface area contributed by atoms with Crippen LogP contribution >= 0.6 is 0 Å². The maximum atomic E-state index is 12.5. The summed E-state index contributed by atoms with van der Waals surface area (Å²) in [6.07, 6.45) is 2.59. The van der Waals surface area contributed by atoms with Crippen molar-refractivity contribution in [1.29, 1.82) is 0 Å². The molecule has 3 aromatic carbocycles. The highest BCUT2D eigenvalue weighted by Crippen LogP contribution is 2.21. The number of nitrogens with zero attached hydrogens (tertiary/aromatic N) is 1. The minimum absolute atomic E-state index is 0.112. The highest BCUT2D eigenvalue weighted by atomic mass is 16.5. The van der Waals surface area contributed by atoms with Gasteiger partial charge in [0.15, 0.2) is 0 Å². The largest absolute Gasteiger partial charge is 0.382 e. The first-order valence-corrected chi connectivity index (χ1v) is 11.8. The number of methoxy groups -OCH3 is 1. The molecule has 0 unspecified atom stereocenters. The van der Waals surface area contributed by atoms with E-state index in [1.165, 1.54) is 16.3 Å². The Bertz CT molecular complexity index is 1120. The molecule has 6 nitrogen and oxygen atoms in total. The number of ether oxygens (including phenoxy) is 2. The smallest absolute Gasteiger partial charge is 0.251 e. The monoisotopic (exact) mass is 460 g/mol. The van der Waals surface area contributed by atoms with Crippen LogP contribution in [0.15, 0.2) is 60.7 Å². The molecule has 0 aliphatic carbocycles. The zero-order valence-electron chi connectivity index (χ0n) is 19.7. The van der Waals surface area contributed by atoms with Crippen LogP contribution in [0, 0.1) is 0 Å². The lowest BCUT2D eigenvalue weighted by Gasteiger charge is -2.32. The first kappa shape index (κ1) is 24.1. The predicted octanol–water partition coefficient (Wildman–Crippen LogP) is 4.21. The van der Waals surface area contributed by atoms with Gasteiger partial charge in [-0.3, -0.25) is 14.5 Å². The number of likely N-dealkylation sites (tertiary alicyclic amines) is 1. The molecule has 0 spiro atoms. The van der Waals surface area contributed by atoms with E-state index in [0.717, 1.165) is 44.3 Å². The molecule has 0 bridgehead atoms. The van der Waals surface area contributed by atoms with Crippen molar-refractivity contribution in [1.82, 2.24) is 10.2 Å². The van der Waals surface area contributed by atoms with Crippen molar-refractivity contribution in [2.75, 3.05) is 33.4 Å². The number of fused-ring (bicyclic) bond motifs is 1. The van der Waals surface area contributed by atoms with Crippen LogP contribution < -0.4 is 5.32 Å². The molecule has 1 aliphatic heterocycles. The van der Waals surface area contributed by atoms with Gasteiger partial charge in [0.05, 0.1) is 19.8 Å². The number of carbonyl (C=O) groups excluding carboxylic acids is 2. The molecule has 0 saturated carbocycles. The number of amides is 1. The van der Waals surface area contributed by atoms with E-state index in [9.17, 15) is 9.59 Å². The van der Waals surface area contributed by atoms with Crippen LogP contribution in [0.5, 0.6) is 0 Å². The van der Waals surface area contributed by atoms with Gasteiger partial charge in [0, 0.05) is 43.9 Å². The van der Waals surface area contributed by atoms with Gasteiger partial charge in [-0.2, -0.15) is 0 Å². The summed E-state index contributed by atoms with van der Waals surface area (Å²) in [6, 6.07) is 20.1. The zero-order chi connectivity index (χ0) is 23.8. The molecule has 1 saturated heterocycles. The summed E-state index contributed by atoms with van der Waals surface area (Å²) in [7, 11) is 1.68. The van der Waals surface area contributed by atoms with Crippen LogP contribution in [0.4, 0.5) is 0 Å². The van der Waals surface area contributed by atoms with Gasteiger partial charge in [0.2, 0.25) is 0 Å². The summed E-state index contributed by atoms with van der Waals surface area (Å²) in [5.74, 6) is -0.112. The second kappa shape index (κ2) is 11.9. The second-order valence-corrected chi connectivity index (χ2v) is 8.83. The summed E-state index contributed by atoms with van der Waals surface area (Å²) in [5, 5.41) is 5.58. The highest BCUT2D eigenvalue weighted by molar-refractivity contribution is 5.95. The zero-order valence-corrected chi connectivity index (χ0v) is 19.7. The van der Waals surface area contributed by atoms with Crippen LogP contribution in [0.2, 0.25) is 0 Å². The molecule has 0 aromatic heterocycles. The van der Waals surface area contributed by atoms with Crippen molar-refractivity contribution in [2.24, 2.45) is 0 Å². The van der Waals surface area contributed by atoms with Gasteiger partial charge in [-0.05, 0) is 59.0 Å². The van der Waals surface area contributed by atoms with Crippen molar-refractivity contribution in [3.05, 3.63) is 82.9 Å². The van der Waals surface area contributed by atoms with Crippen molar-refractivity contribution in [2.45, 2.75) is 32.0 Å². The first-order valence-electron chi connectivity index (χ1n) is 11.8. The summed E-state index contributed by atoms with van der Waals surface area (Å²) in [5.41, 5.74) is 3.50. The standard InChI is InChI=1S/C28H32N2O4/c1-33-13-14-34-20-23-6-8-24-7-5-21(15-26(24)17-23)18-30-11-9-27(10-12-30)29-28(32)25-4-2-3-22(16-25)19-31/h2-8,15-17,19,27H,9-14,18,20H2,1H3,(H,29,32). The molecule has 6 heteroatoms. The van der Waals surface area contributed by atoms with Crippen molar-refractivity contribution in [3.8, 4) is 0 Å². The molecule has 1 heterocycles. The third kappa shape index (κ3) is 6.50. The van der Waals surface area contributed by atoms with E-state index < -0.39 is 0 Å². The summed E-state index contributed by atoms with van der Waals surface area (Å²) in [4.78, 5) is 26.0. The molecule has 1 aliphatic rings. The molecule has 178 valence electrons. The summed E-state index contributed by atoms with van der Waals surface area (Å²) >= 11 is 0. The number of aldehydes is 1. The maximum Gasteiger partial charge on any atom is 0.251 e. The van der Waals surface area contributed by atoms with E-state index in [0.29, 0.717) is 30.9 Å². The van der Waals surface area contributed by atoms with Gasteiger partial charge in [-0.25, -0.2) is 0 Å². The van der Waals surface area contributed by atoms with Crippen LogP contribution in [-0.2, 0) is 22.6 Å². The van der Waals surface area contributed by atoms with Gasteiger partial charge in [0.1, 0.15) is 6.29 Å². The molecule has 4 rings (SSSR count). The quantitative estimate of drug-likeness (QED) is 0.363. The number of piperidine rings is 1. The van der Waals surface area contributed by atoms with Gasteiger partial charge in [0.25, 0.3) is 5.91 Å². The SMILES string of the molecule is COCCOCc1ccc2ccc(CN3CCC(NC(=O)c4cccc(C=O)c4)CC3)cc2c1. The van der Waals surface area contributed by atoms with Gasteiger partial charge < -0.3 is 14.8 Å². The fourth-order valence-electron chi connectivity index (χ4n) is 4.38. The lowest BCUT2D eigenvalue weighted by molar-refractivity contribution is 0.0617. The number of hydrogen-bond acceptors (Lipinski definition) is 5. The Labute approximate surface area is 200 Å². The first-order chi connectivity index (χ1) is 16.6. The Hall–Kier alpha value is -3.06. The van der Waals surface area contributed by atoms with Gasteiger partial charge in [-0.15, -0.1) is 0 Å². The molecule has 0 radical (unpaired) electrons. The molecule has 1 amide bonds. The van der Waals surface area contributed by atoms with Crippen LogP contribution in [0.3, 0.4) is 0 Å². The van der Waals surface area contributed by atoms with E-state index in [2.05, 4.69) is 46.6 Å². The predicted molar refractivity (Wildman–Crippen MR) is 133 cm³/mol. The molecular weight excluding hydrogens is 428 g/mol. The van der Waals surface area contributed by atoms with E-state index >= 15 is 0 Å². The third-order valence-electron chi connectivity index (χ3n) is 6.28. The average Bonchev–Trinajstić information content (AvgIpc) is 2.87. The van der Waals surface area contributed by atoms with E-state index in [1.807, 2.05) is 0 Å². The fraction of sp³-hybridized carbons (Fsp3) is 0.357. The van der Waals surface area contributed by atoms with Crippen molar-refractivity contribution in [3.63, 3.8) is 0 Å².